The summed E-state index contributed by atoms with van der Waals surface area (Å²) in [6.45, 7) is 2.44. The van der Waals surface area contributed by atoms with E-state index in [1.807, 2.05) is 31.2 Å². The van der Waals surface area contributed by atoms with E-state index in [0.717, 1.165) is 11.3 Å². The van der Waals surface area contributed by atoms with Gasteiger partial charge in [-0.25, -0.2) is 13.4 Å². The Morgan fingerprint density at radius 2 is 1.73 bits per heavy atom. The zero-order valence-electron chi connectivity index (χ0n) is 16.5. The molecular formula is C22H23N3O4S. The van der Waals surface area contributed by atoms with Crippen molar-refractivity contribution in [3.05, 3.63) is 78.5 Å². The molecule has 0 saturated carbocycles. The Bertz CT molecular complexity index is 1070. The quantitative estimate of drug-likeness (QED) is 0.505. The van der Waals surface area contributed by atoms with Crippen molar-refractivity contribution in [2.24, 2.45) is 0 Å². The second-order valence-corrected chi connectivity index (χ2v) is 8.34. The molecule has 0 aliphatic rings. The van der Waals surface area contributed by atoms with Gasteiger partial charge in [-0.3, -0.25) is 9.52 Å². The second kappa shape index (κ2) is 9.89. The van der Waals surface area contributed by atoms with Gasteiger partial charge in [0.25, 0.3) is 10.0 Å². The third-order valence-corrected chi connectivity index (χ3v) is 5.56. The summed E-state index contributed by atoms with van der Waals surface area (Å²) in [7, 11) is -3.75. The third kappa shape index (κ3) is 6.31. The molecule has 0 aliphatic carbocycles. The fourth-order valence-electron chi connectivity index (χ4n) is 2.62. The number of anilines is 2. The van der Waals surface area contributed by atoms with Crippen molar-refractivity contribution in [3.63, 3.8) is 0 Å². The van der Waals surface area contributed by atoms with E-state index in [2.05, 4.69) is 15.0 Å². The van der Waals surface area contributed by atoms with Crippen molar-refractivity contribution in [1.29, 1.82) is 0 Å². The maximum Gasteiger partial charge on any atom is 0.263 e. The molecule has 7 nitrogen and oxygen atoms in total. The van der Waals surface area contributed by atoms with Crippen LogP contribution in [0.4, 0.5) is 11.5 Å². The molecule has 3 aromatic rings. The van der Waals surface area contributed by atoms with Gasteiger partial charge >= 0.3 is 0 Å². The topological polar surface area (TPSA) is 97.4 Å². The Kier molecular flexibility index (Phi) is 7.03. The number of hydrogen-bond donors (Lipinski definition) is 2. The van der Waals surface area contributed by atoms with Crippen LogP contribution in [0.25, 0.3) is 0 Å². The lowest BCUT2D eigenvalue weighted by molar-refractivity contribution is -0.116. The van der Waals surface area contributed by atoms with Crippen LogP contribution in [0, 0.1) is 6.92 Å². The minimum Gasteiger partial charge on any atom is -0.494 e. The number of benzene rings is 2. The summed E-state index contributed by atoms with van der Waals surface area (Å²) in [6, 6.07) is 18.6. The van der Waals surface area contributed by atoms with Crippen LogP contribution in [-0.4, -0.2) is 25.9 Å². The van der Waals surface area contributed by atoms with E-state index in [4.69, 9.17) is 4.74 Å². The molecule has 1 heterocycles. The van der Waals surface area contributed by atoms with Crippen LogP contribution in [0.3, 0.4) is 0 Å². The van der Waals surface area contributed by atoms with Gasteiger partial charge in [-0.1, -0.05) is 23.8 Å². The Morgan fingerprint density at radius 3 is 2.40 bits per heavy atom. The molecule has 0 saturated heterocycles. The lowest BCUT2D eigenvalue weighted by Crippen LogP contribution is -2.15. The molecule has 0 radical (unpaired) electrons. The third-order valence-electron chi connectivity index (χ3n) is 4.19. The first-order valence-corrected chi connectivity index (χ1v) is 10.9. The standard InChI is InChI=1S/C22H23N3O4S/c1-17-7-11-19(12-8-17)29-16-4-6-22(26)24-18-9-13-20(14-10-18)30(27,28)25-21-5-2-3-15-23-21/h2-3,5,7-15H,4,6,16H2,1H3,(H,23,25)(H,24,26). The summed E-state index contributed by atoms with van der Waals surface area (Å²) >= 11 is 0. The van der Waals surface area contributed by atoms with Gasteiger partial charge in [-0.15, -0.1) is 0 Å². The Labute approximate surface area is 176 Å². The molecule has 1 aromatic heterocycles. The Hall–Kier alpha value is -3.39. The number of pyridine rings is 1. The number of aromatic nitrogens is 1. The number of nitrogens with zero attached hydrogens (tertiary/aromatic N) is 1. The minimum absolute atomic E-state index is 0.0812. The molecule has 8 heteroatoms. The predicted molar refractivity (Wildman–Crippen MR) is 116 cm³/mol. The summed E-state index contributed by atoms with van der Waals surface area (Å²) in [6.07, 6.45) is 2.37. The average molecular weight is 426 g/mol. The van der Waals surface area contributed by atoms with Crippen molar-refractivity contribution < 1.29 is 17.9 Å². The smallest absolute Gasteiger partial charge is 0.263 e. The number of aryl methyl sites for hydroxylation is 1. The maximum atomic E-state index is 12.4. The highest BCUT2D eigenvalue weighted by atomic mass is 32.2. The van der Waals surface area contributed by atoms with E-state index in [1.165, 1.54) is 18.3 Å². The van der Waals surface area contributed by atoms with Gasteiger partial charge in [0.2, 0.25) is 5.91 Å². The number of carbonyl (C=O) groups is 1. The maximum absolute atomic E-state index is 12.4. The van der Waals surface area contributed by atoms with Crippen LogP contribution in [0.15, 0.2) is 77.8 Å². The van der Waals surface area contributed by atoms with Crippen molar-refractivity contribution in [3.8, 4) is 5.75 Å². The highest BCUT2D eigenvalue weighted by molar-refractivity contribution is 7.92. The zero-order chi connectivity index (χ0) is 21.4. The van der Waals surface area contributed by atoms with Crippen LogP contribution in [0.5, 0.6) is 5.75 Å². The second-order valence-electron chi connectivity index (χ2n) is 6.66. The normalized spacial score (nSPS) is 11.0. The Morgan fingerprint density at radius 1 is 1.00 bits per heavy atom. The summed E-state index contributed by atoms with van der Waals surface area (Å²) in [5.74, 6) is 0.851. The van der Waals surface area contributed by atoms with E-state index in [0.29, 0.717) is 25.1 Å². The molecule has 0 fully saturated rings. The molecule has 156 valence electrons. The minimum atomic E-state index is -3.75. The van der Waals surface area contributed by atoms with Gasteiger partial charge in [0.15, 0.2) is 0 Å². The molecule has 1 amide bonds. The van der Waals surface area contributed by atoms with Crippen LogP contribution in [0.1, 0.15) is 18.4 Å². The summed E-state index contributed by atoms with van der Waals surface area (Å²) in [5, 5.41) is 2.75. The molecule has 3 rings (SSSR count). The molecule has 2 aromatic carbocycles. The molecule has 0 spiro atoms. The van der Waals surface area contributed by atoms with Gasteiger partial charge < -0.3 is 10.1 Å². The molecule has 0 bridgehead atoms. The molecule has 2 N–H and O–H groups in total. The number of sulfonamides is 1. The monoisotopic (exact) mass is 425 g/mol. The molecule has 30 heavy (non-hydrogen) atoms. The van der Waals surface area contributed by atoms with Crippen LogP contribution in [0.2, 0.25) is 0 Å². The first kappa shape index (κ1) is 21.3. The van der Waals surface area contributed by atoms with Crippen molar-refractivity contribution in [2.45, 2.75) is 24.7 Å². The number of nitrogens with one attached hydrogen (secondary N) is 2. The average Bonchev–Trinajstić information content (AvgIpc) is 2.73. The number of hydrogen-bond acceptors (Lipinski definition) is 5. The fraction of sp³-hybridized carbons (Fsp3) is 0.182. The summed E-state index contributed by atoms with van der Waals surface area (Å²) in [5.41, 5.74) is 1.68. The van der Waals surface area contributed by atoms with Gasteiger partial charge in [0, 0.05) is 18.3 Å². The van der Waals surface area contributed by atoms with Crippen molar-refractivity contribution in [1.82, 2.24) is 4.98 Å². The highest BCUT2D eigenvalue weighted by Gasteiger charge is 2.14. The largest absolute Gasteiger partial charge is 0.494 e. The number of amides is 1. The van der Waals surface area contributed by atoms with Gasteiger partial charge in [0.05, 0.1) is 11.5 Å². The molecule has 0 unspecified atom stereocenters. The fourth-order valence-corrected chi connectivity index (χ4v) is 3.63. The van der Waals surface area contributed by atoms with Crippen molar-refractivity contribution >= 4 is 27.4 Å². The van der Waals surface area contributed by atoms with E-state index in [-0.39, 0.29) is 16.6 Å². The zero-order valence-corrected chi connectivity index (χ0v) is 17.4. The van der Waals surface area contributed by atoms with E-state index >= 15 is 0 Å². The van der Waals surface area contributed by atoms with Gasteiger partial charge in [0.1, 0.15) is 11.6 Å². The van der Waals surface area contributed by atoms with E-state index in [9.17, 15) is 13.2 Å². The summed E-state index contributed by atoms with van der Waals surface area (Å²) in [4.78, 5) is 16.1. The molecule has 0 atom stereocenters. The van der Waals surface area contributed by atoms with Crippen LogP contribution in [-0.2, 0) is 14.8 Å². The SMILES string of the molecule is Cc1ccc(OCCCC(=O)Nc2ccc(S(=O)(=O)Nc3ccccn3)cc2)cc1. The number of rotatable bonds is 9. The Balaban J connectivity index is 1.46. The highest BCUT2D eigenvalue weighted by Crippen LogP contribution is 2.17. The molecule has 0 aliphatic heterocycles. The van der Waals surface area contributed by atoms with Crippen LogP contribution < -0.4 is 14.8 Å². The van der Waals surface area contributed by atoms with E-state index < -0.39 is 10.0 Å². The first-order chi connectivity index (χ1) is 14.4. The number of carbonyl (C=O) groups excluding carboxylic acids is 1. The molecular weight excluding hydrogens is 402 g/mol. The lowest BCUT2D eigenvalue weighted by atomic mass is 10.2. The summed E-state index contributed by atoms with van der Waals surface area (Å²) < 4.78 is 32.8. The van der Waals surface area contributed by atoms with Crippen LogP contribution >= 0.6 is 0 Å². The van der Waals surface area contributed by atoms with E-state index in [1.54, 1.807) is 30.3 Å². The predicted octanol–water partition coefficient (Wildman–Crippen LogP) is 3.99. The lowest BCUT2D eigenvalue weighted by Gasteiger charge is -2.09. The first-order valence-electron chi connectivity index (χ1n) is 9.46. The van der Waals surface area contributed by atoms with Crippen molar-refractivity contribution in [2.75, 3.05) is 16.6 Å². The van der Waals surface area contributed by atoms with Gasteiger partial charge in [-0.05, 0) is 61.9 Å². The number of ether oxygens (including phenoxy) is 1. The van der Waals surface area contributed by atoms with Gasteiger partial charge in [-0.2, -0.15) is 0 Å².